The van der Waals surface area contributed by atoms with Crippen LogP contribution in [0.1, 0.15) is 23.6 Å². The van der Waals surface area contributed by atoms with Crippen LogP contribution < -0.4 is 10.5 Å². The Morgan fingerprint density at radius 3 is 2.07 bits per heavy atom. The van der Waals surface area contributed by atoms with E-state index in [-0.39, 0.29) is 11.1 Å². The van der Waals surface area contributed by atoms with Gasteiger partial charge in [-0.05, 0) is 31.2 Å². The topological polar surface area (TPSA) is 120 Å². The van der Waals surface area contributed by atoms with Gasteiger partial charge in [0, 0.05) is 6.07 Å². The van der Waals surface area contributed by atoms with E-state index < -0.39 is 23.7 Å². The number of carboxylic acid groups (broad SMARTS) is 1. The highest BCUT2D eigenvalue weighted by molar-refractivity contribution is 5.61. The van der Waals surface area contributed by atoms with E-state index in [1.165, 1.54) is 30.3 Å². The lowest BCUT2D eigenvalue weighted by Crippen LogP contribution is -2.06. The molecule has 0 aliphatic rings. The molecule has 148 valence electrons. The van der Waals surface area contributed by atoms with E-state index >= 15 is 0 Å². The predicted octanol–water partition coefficient (Wildman–Crippen LogP) is 4.30. The Kier molecular flexibility index (Phi) is 10.2. The molecule has 0 aliphatic heterocycles. The van der Waals surface area contributed by atoms with Crippen LogP contribution in [-0.2, 0) is 6.18 Å². The van der Waals surface area contributed by atoms with Gasteiger partial charge in [-0.2, -0.15) is 23.7 Å². The van der Waals surface area contributed by atoms with Crippen molar-refractivity contribution >= 4 is 6.09 Å². The maximum atomic E-state index is 12.9. The van der Waals surface area contributed by atoms with Gasteiger partial charge < -0.3 is 15.6 Å². The van der Waals surface area contributed by atoms with Crippen molar-refractivity contribution in [3.63, 3.8) is 0 Å². The highest BCUT2D eigenvalue weighted by Gasteiger charge is 2.32. The van der Waals surface area contributed by atoms with E-state index in [0.29, 0.717) is 12.4 Å². The van der Waals surface area contributed by atoms with Crippen molar-refractivity contribution in [2.45, 2.75) is 13.1 Å². The summed E-state index contributed by atoms with van der Waals surface area (Å²) in [5.74, 6) is -0.0857. The lowest BCUT2D eigenvalue weighted by molar-refractivity contribution is -0.137. The van der Waals surface area contributed by atoms with E-state index in [9.17, 15) is 17.6 Å². The van der Waals surface area contributed by atoms with Crippen LogP contribution in [0, 0.1) is 28.5 Å². The average molecular weight is 397 g/mol. The minimum absolute atomic E-state index is 0.0402. The van der Waals surface area contributed by atoms with Crippen LogP contribution in [0.25, 0.3) is 0 Å². The molecule has 0 atom stereocenters. The van der Waals surface area contributed by atoms with E-state index in [0.717, 1.165) is 12.1 Å². The normalized spacial score (nSPS) is 9.39. The molecule has 3 N–H and O–H groups in total. The van der Waals surface area contributed by atoms with E-state index in [1.54, 1.807) is 12.1 Å². The third-order valence-electron chi connectivity index (χ3n) is 2.72. The van der Waals surface area contributed by atoms with Crippen LogP contribution in [0.15, 0.2) is 42.5 Å². The molecule has 0 aromatic heterocycles. The molecule has 2 aromatic carbocycles. The molecule has 0 fully saturated rings. The molecular formula is C18H15F4N3O3. The fourth-order valence-electron chi connectivity index (χ4n) is 1.67. The summed E-state index contributed by atoms with van der Waals surface area (Å²) in [5.41, 5.74) is 2.84. The number of halogens is 4. The first kappa shape index (κ1) is 24.2. The third-order valence-corrected chi connectivity index (χ3v) is 2.72. The third kappa shape index (κ3) is 9.06. The number of benzene rings is 2. The first-order chi connectivity index (χ1) is 13.1. The highest BCUT2D eigenvalue weighted by Crippen LogP contribution is 2.31. The smallest absolute Gasteiger partial charge is 0.417 e. The molecule has 2 aromatic rings. The Balaban J connectivity index is 0.000000439. The van der Waals surface area contributed by atoms with Crippen molar-refractivity contribution < 1.29 is 32.2 Å². The van der Waals surface area contributed by atoms with Gasteiger partial charge >= 0.3 is 12.3 Å². The summed E-state index contributed by atoms with van der Waals surface area (Å²) >= 11 is 0. The molecule has 0 bridgehead atoms. The van der Waals surface area contributed by atoms with Crippen molar-refractivity contribution in [1.82, 2.24) is 0 Å². The van der Waals surface area contributed by atoms with Crippen LogP contribution in [0.3, 0.4) is 0 Å². The lowest BCUT2D eigenvalue weighted by atomic mass is 10.1. The van der Waals surface area contributed by atoms with Gasteiger partial charge in [-0.25, -0.2) is 9.18 Å². The van der Waals surface area contributed by atoms with Gasteiger partial charge in [0.15, 0.2) is 0 Å². The molecule has 0 heterocycles. The van der Waals surface area contributed by atoms with Gasteiger partial charge in [-0.1, -0.05) is 12.1 Å². The summed E-state index contributed by atoms with van der Waals surface area (Å²) in [6.45, 7) is 2.31. The first-order valence-electron chi connectivity index (χ1n) is 7.43. The van der Waals surface area contributed by atoms with Crippen molar-refractivity contribution in [1.29, 1.82) is 10.5 Å². The fraction of sp³-hybridized carbons (Fsp3) is 0.167. The maximum absolute atomic E-state index is 12.9. The summed E-state index contributed by atoms with van der Waals surface area (Å²) in [5, 5.41) is 23.9. The van der Waals surface area contributed by atoms with Gasteiger partial charge in [-0.15, -0.1) is 0 Å². The number of nitrogens with two attached hydrogens (primary N) is 1. The van der Waals surface area contributed by atoms with Gasteiger partial charge in [0.1, 0.15) is 17.6 Å². The zero-order chi connectivity index (χ0) is 21.7. The number of hydrogen-bond acceptors (Lipinski definition) is 4. The predicted molar refractivity (Wildman–Crippen MR) is 90.7 cm³/mol. The van der Waals surface area contributed by atoms with Crippen LogP contribution in [-0.4, -0.2) is 17.8 Å². The van der Waals surface area contributed by atoms with Crippen LogP contribution in [0.5, 0.6) is 5.75 Å². The van der Waals surface area contributed by atoms with E-state index in [4.69, 9.17) is 25.2 Å². The molecule has 10 heteroatoms. The molecule has 0 saturated carbocycles. The lowest BCUT2D eigenvalue weighted by Gasteiger charge is -2.06. The Labute approximate surface area is 158 Å². The molecule has 0 saturated heterocycles. The van der Waals surface area contributed by atoms with Crippen LogP contribution in [0.2, 0.25) is 0 Å². The number of amides is 1. The van der Waals surface area contributed by atoms with Crippen LogP contribution in [0.4, 0.5) is 22.4 Å². The Morgan fingerprint density at radius 1 is 1.14 bits per heavy atom. The number of alkyl halides is 3. The summed E-state index contributed by atoms with van der Waals surface area (Å²) < 4.78 is 54.2. The van der Waals surface area contributed by atoms with Crippen molar-refractivity contribution in [3.8, 4) is 17.9 Å². The Bertz CT molecular complexity index is 868. The molecule has 6 nitrogen and oxygen atoms in total. The number of carbonyl (C=O) groups is 1. The van der Waals surface area contributed by atoms with Crippen LogP contribution >= 0.6 is 0 Å². The molecule has 0 spiro atoms. The molecule has 0 unspecified atom stereocenters. The van der Waals surface area contributed by atoms with Crippen molar-refractivity contribution in [2.24, 2.45) is 5.73 Å². The largest absolute Gasteiger partial charge is 0.494 e. The zero-order valence-corrected chi connectivity index (χ0v) is 14.5. The van der Waals surface area contributed by atoms with Gasteiger partial charge in [0.2, 0.25) is 0 Å². The highest BCUT2D eigenvalue weighted by atomic mass is 19.4. The monoisotopic (exact) mass is 397 g/mol. The van der Waals surface area contributed by atoms with E-state index in [1.807, 2.05) is 6.92 Å². The summed E-state index contributed by atoms with van der Waals surface area (Å²) in [6, 6.07) is 12.1. The fourth-order valence-corrected chi connectivity index (χ4v) is 1.67. The zero-order valence-electron chi connectivity index (χ0n) is 14.5. The summed E-state index contributed by atoms with van der Waals surface area (Å²) in [7, 11) is 0. The second-order valence-electron chi connectivity index (χ2n) is 4.68. The maximum Gasteiger partial charge on any atom is 0.417 e. The van der Waals surface area contributed by atoms with Gasteiger partial charge in [-0.3, -0.25) is 0 Å². The molecule has 0 aliphatic carbocycles. The second-order valence-corrected chi connectivity index (χ2v) is 4.68. The minimum Gasteiger partial charge on any atom is -0.494 e. The number of nitrogens with zero attached hydrogens (tertiary/aromatic N) is 2. The summed E-state index contributed by atoms with van der Waals surface area (Å²) in [6.07, 6.45) is -5.77. The minimum atomic E-state index is -4.44. The number of ether oxygens (including phenoxy) is 1. The number of hydrogen-bond donors (Lipinski definition) is 2. The molecular weight excluding hydrogens is 382 g/mol. The van der Waals surface area contributed by atoms with Crippen molar-refractivity contribution in [2.75, 3.05) is 6.61 Å². The SMILES string of the molecule is CCOc1ccc(C#N)c(F)c1.N#Cc1ccccc1C(F)(F)F.NC(=O)O. The summed E-state index contributed by atoms with van der Waals surface area (Å²) in [4.78, 5) is 8.78. The molecule has 1 amide bonds. The van der Waals surface area contributed by atoms with E-state index in [2.05, 4.69) is 5.73 Å². The quantitative estimate of drug-likeness (QED) is 0.732. The second kappa shape index (κ2) is 11.8. The standard InChI is InChI=1S/C9H8FNO.C8H4F3N.CH3NO2/c1-2-12-8-4-3-7(6-11)9(10)5-8;9-8(10,11)7-4-2-1-3-6(7)5-12;2-1(3)4/h3-5H,2H2,1H3;1-4H;2H2,(H,3,4). The number of primary amides is 1. The molecule has 0 radical (unpaired) electrons. The number of nitriles is 2. The van der Waals surface area contributed by atoms with Gasteiger partial charge in [0.05, 0.1) is 29.4 Å². The first-order valence-corrected chi connectivity index (χ1v) is 7.43. The van der Waals surface area contributed by atoms with Crippen molar-refractivity contribution in [3.05, 3.63) is 65.0 Å². The molecule has 28 heavy (non-hydrogen) atoms. The number of rotatable bonds is 2. The Hall–Kier alpha value is -3.79. The van der Waals surface area contributed by atoms with Gasteiger partial charge in [0.25, 0.3) is 0 Å². The Morgan fingerprint density at radius 2 is 1.68 bits per heavy atom. The molecule has 2 rings (SSSR count). The average Bonchev–Trinajstić information content (AvgIpc) is 2.61.